The minimum atomic E-state index is -0.804. The predicted molar refractivity (Wildman–Crippen MR) is 205 cm³/mol. The maximum atomic E-state index is 14.4. The van der Waals surface area contributed by atoms with Crippen molar-refractivity contribution in [2.24, 2.45) is 4.99 Å². The van der Waals surface area contributed by atoms with Crippen molar-refractivity contribution in [1.29, 1.82) is 0 Å². The quantitative estimate of drug-likeness (QED) is 0.116. The summed E-state index contributed by atoms with van der Waals surface area (Å²) in [6, 6.07) is 25.0. The van der Waals surface area contributed by atoms with Crippen molar-refractivity contribution in [3.8, 4) is 5.75 Å². The lowest BCUT2D eigenvalue weighted by Crippen LogP contribution is -2.40. The van der Waals surface area contributed by atoms with Gasteiger partial charge in [-0.1, -0.05) is 94.7 Å². The first-order chi connectivity index (χ1) is 22.6. The van der Waals surface area contributed by atoms with Crippen LogP contribution in [0, 0.1) is 7.14 Å². The van der Waals surface area contributed by atoms with E-state index in [1.807, 2.05) is 66.7 Å². The number of carbonyl (C=O) groups excluding carboxylic acids is 1. The maximum absolute atomic E-state index is 14.4. The van der Waals surface area contributed by atoms with Gasteiger partial charge in [-0.2, -0.15) is 0 Å². The Morgan fingerprint density at radius 2 is 1.72 bits per heavy atom. The highest BCUT2D eigenvalue weighted by molar-refractivity contribution is 14.1. The number of nitrogens with zero attached hydrogens (tertiary/aromatic N) is 2. The van der Waals surface area contributed by atoms with Crippen LogP contribution in [-0.4, -0.2) is 17.1 Å². The standard InChI is InChI=1S/C35H23Cl3I2N2O4S/c1-2-45-34(44)29-30(20-6-4-3-5-7-20)41-35-42(31(29)21-9-11-23(36)12-10-21)33(43)28(47-35)16-22-15-24(39)17-27(40)32(22)46-18-19-8-13-25(37)26(38)14-19/h3-17,31H,2,18H2,1H3/b28-16-/t31-/m0/s1. The largest absolute Gasteiger partial charge is 0.487 e. The van der Waals surface area contributed by atoms with Gasteiger partial charge < -0.3 is 9.47 Å². The molecule has 2 heterocycles. The van der Waals surface area contributed by atoms with E-state index in [2.05, 4.69) is 45.2 Å². The fraction of sp³-hybridized carbons (Fsp3) is 0.114. The molecule has 0 aliphatic carbocycles. The van der Waals surface area contributed by atoms with Gasteiger partial charge in [-0.15, -0.1) is 0 Å². The van der Waals surface area contributed by atoms with Crippen molar-refractivity contribution in [3.05, 3.63) is 155 Å². The Bertz CT molecular complexity index is 2220. The molecule has 0 bridgehead atoms. The molecule has 4 aromatic carbocycles. The first kappa shape index (κ1) is 34.2. The van der Waals surface area contributed by atoms with Crippen molar-refractivity contribution in [2.75, 3.05) is 6.61 Å². The van der Waals surface area contributed by atoms with E-state index in [0.717, 1.165) is 23.8 Å². The van der Waals surface area contributed by atoms with Crippen LogP contribution in [0.2, 0.25) is 15.1 Å². The molecule has 5 aromatic rings. The molecule has 1 aliphatic rings. The molecular weight excluding hydrogens is 905 g/mol. The number of hydrogen-bond acceptors (Lipinski definition) is 6. The number of thiazole rings is 1. The Morgan fingerprint density at radius 1 is 0.979 bits per heavy atom. The summed E-state index contributed by atoms with van der Waals surface area (Å²) < 4.78 is 15.7. The molecule has 0 spiro atoms. The molecule has 1 atom stereocenters. The van der Waals surface area contributed by atoms with Gasteiger partial charge in [0.1, 0.15) is 12.4 Å². The van der Waals surface area contributed by atoms with Crippen molar-refractivity contribution < 1.29 is 14.3 Å². The minimum Gasteiger partial charge on any atom is -0.487 e. The van der Waals surface area contributed by atoms with Crippen molar-refractivity contribution in [2.45, 2.75) is 19.6 Å². The van der Waals surface area contributed by atoms with Crippen LogP contribution in [0.25, 0.3) is 11.8 Å². The molecule has 12 heteroatoms. The number of hydrogen-bond donors (Lipinski definition) is 0. The Morgan fingerprint density at radius 3 is 2.43 bits per heavy atom. The van der Waals surface area contributed by atoms with Gasteiger partial charge in [-0.05, 0) is 106 Å². The summed E-state index contributed by atoms with van der Waals surface area (Å²) >= 11 is 24.3. The summed E-state index contributed by atoms with van der Waals surface area (Å²) in [7, 11) is 0. The summed E-state index contributed by atoms with van der Waals surface area (Å²) in [6.07, 6.45) is 1.81. The highest BCUT2D eigenvalue weighted by Gasteiger charge is 2.35. The van der Waals surface area contributed by atoms with Crippen LogP contribution >= 0.6 is 91.3 Å². The van der Waals surface area contributed by atoms with Crippen LogP contribution in [0.3, 0.4) is 0 Å². The minimum absolute atomic E-state index is 0.165. The Labute approximate surface area is 316 Å². The van der Waals surface area contributed by atoms with E-state index in [1.54, 1.807) is 35.8 Å². The third-order valence-electron chi connectivity index (χ3n) is 7.25. The van der Waals surface area contributed by atoms with Crippen molar-refractivity contribution >= 4 is 109 Å². The van der Waals surface area contributed by atoms with Crippen LogP contribution in [0.1, 0.15) is 35.2 Å². The molecule has 1 aromatic heterocycles. The number of fused-ring (bicyclic) bond motifs is 1. The molecule has 0 fully saturated rings. The Kier molecular flexibility index (Phi) is 10.8. The van der Waals surface area contributed by atoms with Crippen LogP contribution in [0.5, 0.6) is 5.75 Å². The van der Waals surface area contributed by atoms with Crippen LogP contribution < -0.4 is 19.6 Å². The first-order valence-electron chi connectivity index (χ1n) is 14.2. The van der Waals surface area contributed by atoms with Gasteiger partial charge >= 0.3 is 5.97 Å². The van der Waals surface area contributed by atoms with Gasteiger partial charge in [0.05, 0.1) is 42.1 Å². The molecule has 0 saturated heterocycles. The average Bonchev–Trinajstić information content (AvgIpc) is 3.36. The number of rotatable bonds is 8. The third kappa shape index (κ3) is 7.35. The van der Waals surface area contributed by atoms with Gasteiger partial charge in [0.15, 0.2) is 4.80 Å². The highest BCUT2D eigenvalue weighted by Crippen LogP contribution is 2.36. The van der Waals surface area contributed by atoms with E-state index in [9.17, 15) is 9.59 Å². The second-order valence-electron chi connectivity index (χ2n) is 10.3. The van der Waals surface area contributed by atoms with Crippen LogP contribution in [0.4, 0.5) is 0 Å². The summed E-state index contributed by atoms with van der Waals surface area (Å²) in [5, 5.41) is 1.44. The Balaban J connectivity index is 1.54. The normalized spacial score (nSPS) is 14.5. The molecule has 0 amide bonds. The lowest BCUT2D eigenvalue weighted by molar-refractivity contribution is -0.138. The van der Waals surface area contributed by atoms with Gasteiger partial charge in [-0.3, -0.25) is 9.36 Å². The maximum Gasteiger partial charge on any atom is 0.338 e. The van der Waals surface area contributed by atoms with E-state index >= 15 is 0 Å². The second-order valence-corrected chi connectivity index (χ2v) is 15.0. The second kappa shape index (κ2) is 14.8. The van der Waals surface area contributed by atoms with Gasteiger partial charge in [0.25, 0.3) is 5.56 Å². The fourth-order valence-electron chi connectivity index (χ4n) is 5.17. The molecule has 0 radical (unpaired) electrons. The van der Waals surface area contributed by atoms with E-state index in [4.69, 9.17) is 49.3 Å². The summed E-state index contributed by atoms with van der Waals surface area (Å²) in [6.45, 7) is 2.16. The number of halogens is 5. The average molecular weight is 928 g/mol. The Hall–Kier alpha value is -2.68. The molecule has 1 aliphatic heterocycles. The monoisotopic (exact) mass is 926 g/mol. The van der Waals surface area contributed by atoms with Crippen molar-refractivity contribution in [3.63, 3.8) is 0 Å². The SMILES string of the molecule is CCOC(=O)C1=C(c2ccccc2)N=c2s/c(=C\c3cc(I)cc(I)c3OCc3ccc(Cl)c(Cl)c3)c(=O)n2[C@H]1c1ccc(Cl)cc1. The first-order valence-corrected chi connectivity index (χ1v) is 18.3. The lowest BCUT2D eigenvalue weighted by atomic mass is 9.93. The number of benzene rings is 4. The number of ether oxygens (including phenoxy) is 2. The zero-order valence-electron chi connectivity index (χ0n) is 24.5. The predicted octanol–water partition coefficient (Wildman–Crippen LogP) is 8.68. The van der Waals surface area contributed by atoms with Crippen LogP contribution in [-0.2, 0) is 16.1 Å². The zero-order valence-corrected chi connectivity index (χ0v) is 31.9. The third-order valence-corrected chi connectivity index (χ3v) is 10.6. The van der Waals surface area contributed by atoms with Gasteiger partial charge in [0, 0.05) is 19.7 Å². The van der Waals surface area contributed by atoms with Gasteiger partial charge in [0.2, 0.25) is 0 Å². The molecule has 6 nitrogen and oxygen atoms in total. The summed E-state index contributed by atoms with van der Waals surface area (Å²) in [5.41, 5.74) is 3.43. The van der Waals surface area contributed by atoms with E-state index in [1.165, 1.54) is 11.3 Å². The molecule has 0 unspecified atom stereocenters. The van der Waals surface area contributed by atoms with Crippen molar-refractivity contribution in [1.82, 2.24) is 4.57 Å². The van der Waals surface area contributed by atoms with E-state index < -0.39 is 12.0 Å². The topological polar surface area (TPSA) is 69.9 Å². The molecule has 6 rings (SSSR count). The van der Waals surface area contributed by atoms with E-state index in [-0.39, 0.29) is 24.3 Å². The number of carbonyl (C=O) groups is 1. The lowest BCUT2D eigenvalue weighted by Gasteiger charge is -2.26. The molecule has 0 N–H and O–H groups in total. The highest BCUT2D eigenvalue weighted by atomic mass is 127. The fourth-order valence-corrected chi connectivity index (χ4v) is 8.65. The zero-order chi connectivity index (χ0) is 33.2. The van der Waals surface area contributed by atoms with Crippen LogP contribution in [0.15, 0.2) is 100 Å². The van der Waals surface area contributed by atoms with E-state index in [0.29, 0.717) is 41.4 Å². The summed E-state index contributed by atoms with van der Waals surface area (Å²) in [4.78, 5) is 33.4. The molecule has 47 heavy (non-hydrogen) atoms. The number of esters is 1. The smallest absolute Gasteiger partial charge is 0.338 e. The number of aromatic nitrogens is 1. The molecule has 0 saturated carbocycles. The molecule has 238 valence electrons. The van der Waals surface area contributed by atoms with Gasteiger partial charge in [-0.25, -0.2) is 9.79 Å². The molecular formula is C35H23Cl3I2N2O4S. The summed E-state index contributed by atoms with van der Waals surface area (Å²) in [5.74, 6) is 0.0730.